The lowest BCUT2D eigenvalue weighted by Gasteiger charge is -2.31. The van der Waals surface area contributed by atoms with Gasteiger partial charge < -0.3 is 86.3 Å². The zero-order chi connectivity index (χ0) is 67.6. The molecule has 2 fully saturated rings. The number of aliphatic carboxylic acids is 1. The number of hydrogen-bond acceptors (Lipinski definition) is 15. The molecular weight excluding hydrogens is 1200 g/mol. The maximum atomic E-state index is 15.0. The van der Waals surface area contributed by atoms with Gasteiger partial charge >= 0.3 is 5.97 Å². The number of hydrogen-bond donors (Lipinski definition) is 15. The van der Waals surface area contributed by atoms with Crippen LogP contribution in [0.1, 0.15) is 81.9 Å². The number of carbonyl (C=O) groups excluding carboxylic acids is 9. The highest BCUT2D eigenvalue weighted by Gasteiger charge is 2.41. The van der Waals surface area contributed by atoms with Crippen molar-refractivity contribution in [3.05, 3.63) is 114 Å². The fraction of sp³-hybridized carbons (Fsp3) is 0.469. The summed E-state index contributed by atoms with van der Waals surface area (Å²) in [6.45, 7) is 6.38. The number of phenols is 1. The van der Waals surface area contributed by atoms with Gasteiger partial charge in [-0.1, -0.05) is 98.8 Å². The van der Waals surface area contributed by atoms with E-state index in [0.29, 0.717) is 49.3 Å². The minimum atomic E-state index is -1.73. The molecule has 0 bridgehead atoms. The van der Waals surface area contributed by atoms with Crippen LogP contribution < -0.4 is 71.2 Å². The third kappa shape index (κ3) is 24.0. The van der Waals surface area contributed by atoms with E-state index in [4.69, 9.17) is 28.7 Å². The molecule has 6 rings (SSSR count). The number of rotatable bonds is 35. The van der Waals surface area contributed by atoms with Gasteiger partial charge in [0, 0.05) is 65.1 Å². The summed E-state index contributed by atoms with van der Waals surface area (Å²) in [5.74, 6) is -9.16. The molecule has 0 saturated carbocycles. The third-order valence-electron chi connectivity index (χ3n) is 15.7. The number of carboxylic acid groups (broad SMARTS) is 1. The quantitative estimate of drug-likeness (QED) is 0.0134. The smallest absolute Gasteiger partial charge is 0.326 e. The van der Waals surface area contributed by atoms with Crippen LogP contribution in [0.5, 0.6) is 5.75 Å². The molecule has 502 valence electrons. The standard InChI is InChI=1S/C64H89N17O12/c1-38(2)31-47(76-59(89)50(35-41-18-21-42-13-6-7-14-43(42)32-41)78-57(87)48(34-40-19-22-44(82)23-20-40)73-54(84)37-80-29-26-70-27-30-80)56(86)77-49(33-39-11-4-3-5-12-39)58(88)75-46(16-9-25-72-64(68)69)61(91)81-28-10-17-52(81)60(90)74-45(15-8-24-71-63(66)67)55(85)79-51(62(92)93)36-53(65)83/h3-7,11-14,18-23,32,38,45-52,70,82H,8-10,15-17,24-31,33-37H2,1-2H3,(H2,65,83)(H,73,84)(H,74,90)(H,75,88)(H,76,89)(H,77,86)(H,78,87)(H,79,85)(H,92,93)(H4,66,67,71)(H4,68,69,72)/t45-,46-,47-,48-,49-,50-,51-,52-/m0/s1. The van der Waals surface area contributed by atoms with E-state index in [1.165, 1.54) is 17.0 Å². The number of amides is 9. The topological polar surface area (TPSA) is 469 Å². The van der Waals surface area contributed by atoms with Crippen LogP contribution in [0, 0.1) is 5.92 Å². The summed E-state index contributed by atoms with van der Waals surface area (Å²) in [6.07, 6.45) is -0.349. The van der Waals surface area contributed by atoms with Crippen LogP contribution in [0.2, 0.25) is 0 Å². The van der Waals surface area contributed by atoms with Gasteiger partial charge in [0.1, 0.15) is 54.1 Å². The van der Waals surface area contributed by atoms with Crippen LogP contribution in [-0.2, 0) is 67.2 Å². The summed E-state index contributed by atoms with van der Waals surface area (Å²) in [7, 11) is 0. The summed E-state index contributed by atoms with van der Waals surface area (Å²) in [4.78, 5) is 151. The number of likely N-dealkylation sites (tertiary alicyclic amines) is 1. The van der Waals surface area contributed by atoms with E-state index in [2.05, 4.69) is 52.5 Å². The fourth-order valence-corrected chi connectivity index (χ4v) is 11.0. The number of benzene rings is 4. The average Bonchev–Trinajstić information content (AvgIpc) is 1.83. The zero-order valence-electron chi connectivity index (χ0n) is 52.5. The van der Waals surface area contributed by atoms with E-state index in [1.54, 1.807) is 42.5 Å². The second-order valence-electron chi connectivity index (χ2n) is 23.7. The van der Waals surface area contributed by atoms with Gasteiger partial charge in [-0.05, 0) is 90.5 Å². The SMILES string of the molecule is CC(C)C[C@H](NC(=O)[C@H](Cc1ccc2ccccc2c1)NC(=O)[C@H](Cc1ccc(O)cc1)NC(=O)CN1CCNCC1)C(=O)N[C@@H](Cc1ccccc1)C(=O)N[C@@H](CCCN=C(N)N)C(=O)N1CCC[C@H]1C(=O)N[C@@H](CCCN=C(N)N)C(=O)N[C@@H](CC(N)=O)C(=O)O. The van der Waals surface area contributed by atoms with Gasteiger partial charge in [-0.15, -0.1) is 0 Å². The van der Waals surface area contributed by atoms with Crippen molar-refractivity contribution in [1.82, 2.24) is 52.3 Å². The fourth-order valence-electron chi connectivity index (χ4n) is 11.0. The van der Waals surface area contributed by atoms with E-state index in [1.807, 2.05) is 61.2 Å². The minimum absolute atomic E-state index is 0.000456. The molecule has 0 unspecified atom stereocenters. The maximum Gasteiger partial charge on any atom is 0.326 e. The van der Waals surface area contributed by atoms with Crippen molar-refractivity contribution < 1.29 is 58.2 Å². The molecule has 29 nitrogen and oxygen atoms in total. The van der Waals surface area contributed by atoms with Gasteiger partial charge in [0.05, 0.1) is 13.0 Å². The Bertz CT molecular complexity index is 3280. The molecule has 0 spiro atoms. The Morgan fingerprint density at radius 3 is 1.63 bits per heavy atom. The Morgan fingerprint density at radius 2 is 1.05 bits per heavy atom. The zero-order valence-corrected chi connectivity index (χ0v) is 52.5. The number of aliphatic imine (C=N–C) groups is 2. The number of aromatic hydroxyl groups is 1. The van der Waals surface area contributed by atoms with E-state index in [0.717, 1.165) is 10.8 Å². The number of carbonyl (C=O) groups is 10. The average molecular weight is 1290 g/mol. The first-order valence-electron chi connectivity index (χ1n) is 31.2. The summed E-state index contributed by atoms with van der Waals surface area (Å²) in [6, 6.07) is 17.2. The number of guanidine groups is 2. The molecule has 9 amide bonds. The molecule has 0 aliphatic carbocycles. The first-order valence-corrected chi connectivity index (χ1v) is 31.2. The molecule has 0 aromatic heterocycles. The summed E-state index contributed by atoms with van der Waals surface area (Å²) in [5.41, 5.74) is 29.3. The Labute approximate surface area is 539 Å². The van der Waals surface area contributed by atoms with E-state index < -0.39 is 114 Å². The highest BCUT2D eigenvalue weighted by molar-refractivity contribution is 5.99. The highest BCUT2D eigenvalue weighted by atomic mass is 16.4. The van der Waals surface area contributed by atoms with Crippen LogP contribution in [0.4, 0.5) is 0 Å². The lowest BCUT2D eigenvalue weighted by Crippen LogP contribution is -2.61. The summed E-state index contributed by atoms with van der Waals surface area (Å²) >= 11 is 0. The largest absolute Gasteiger partial charge is 0.508 e. The monoisotopic (exact) mass is 1290 g/mol. The second kappa shape index (κ2) is 36.2. The first-order chi connectivity index (χ1) is 44.4. The van der Waals surface area contributed by atoms with Crippen molar-refractivity contribution in [3.63, 3.8) is 0 Å². The van der Waals surface area contributed by atoms with Crippen LogP contribution in [-0.4, -0.2) is 192 Å². The lowest BCUT2D eigenvalue weighted by molar-refractivity contribution is -0.144. The molecule has 2 aliphatic rings. The number of fused-ring (bicyclic) bond motifs is 1. The van der Waals surface area contributed by atoms with E-state index in [-0.39, 0.29) is 108 Å². The van der Waals surface area contributed by atoms with Crippen molar-refractivity contribution in [3.8, 4) is 5.75 Å². The van der Waals surface area contributed by atoms with E-state index in [9.17, 15) is 53.4 Å². The number of phenolic OH excluding ortho intramolecular Hbond substituents is 1. The predicted octanol–water partition coefficient (Wildman–Crippen LogP) is -2.02. The summed E-state index contributed by atoms with van der Waals surface area (Å²) < 4.78 is 0. The first kappa shape index (κ1) is 72.2. The van der Waals surface area contributed by atoms with Crippen LogP contribution >= 0.6 is 0 Å². The molecule has 4 aromatic rings. The van der Waals surface area contributed by atoms with Crippen LogP contribution in [0.25, 0.3) is 10.8 Å². The molecule has 2 heterocycles. The molecule has 8 atom stereocenters. The Hall–Kier alpha value is -9.90. The van der Waals surface area contributed by atoms with E-state index >= 15 is 4.79 Å². The van der Waals surface area contributed by atoms with Crippen molar-refractivity contribution >= 4 is 81.8 Å². The Balaban J connectivity index is 1.27. The molecule has 29 heteroatoms. The molecule has 2 saturated heterocycles. The molecule has 93 heavy (non-hydrogen) atoms. The lowest BCUT2D eigenvalue weighted by atomic mass is 9.98. The highest BCUT2D eigenvalue weighted by Crippen LogP contribution is 2.22. The number of nitrogens with two attached hydrogens (primary N) is 5. The molecule has 0 radical (unpaired) electrons. The number of carboxylic acids is 1. The molecule has 20 N–H and O–H groups in total. The third-order valence-corrected chi connectivity index (χ3v) is 15.7. The number of nitrogens with zero attached hydrogens (tertiary/aromatic N) is 4. The van der Waals surface area contributed by atoms with Gasteiger partial charge in [0.15, 0.2) is 11.9 Å². The Morgan fingerprint density at radius 1 is 0.559 bits per heavy atom. The van der Waals surface area contributed by atoms with Crippen LogP contribution in [0.15, 0.2) is 107 Å². The number of nitrogens with one attached hydrogen (secondary N) is 8. The normalized spacial score (nSPS) is 16.2. The molecular formula is C64H89N17O12. The number of piperazine rings is 1. The van der Waals surface area contributed by atoms with Gasteiger partial charge in [0.2, 0.25) is 53.2 Å². The van der Waals surface area contributed by atoms with Crippen LogP contribution in [0.3, 0.4) is 0 Å². The Kier molecular flexibility index (Phi) is 28.1. The van der Waals surface area contributed by atoms with Crippen molar-refractivity contribution in [2.45, 2.75) is 133 Å². The predicted molar refractivity (Wildman–Crippen MR) is 348 cm³/mol. The second-order valence-corrected chi connectivity index (χ2v) is 23.7. The van der Waals surface area contributed by atoms with Crippen molar-refractivity contribution in [2.24, 2.45) is 44.6 Å². The summed E-state index contributed by atoms with van der Waals surface area (Å²) in [5, 5.41) is 44.1. The van der Waals surface area contributed by atoms with Gasteiger partial charge in [-0.2, -0.15) is 0 Å². The van der Waals surface area contributed by atoms with Gasteiger partial charge in [-0.25, -0.2) is 4.79 Å². The minimum Gasteiger partial charge on any atom is -0.508 e. The van der Waals surface area contributed by atoms with Crippen molar-refractivity contribution in [1.29, 1.82) is 0 Å². The maximum absolute atomic E-state index is 15.0. The molecule has 2 aliphatic heterocycles. The van der Waals surface area contributed by atoms with Crippen molar-refractivity contribution in [2.75, 3.05) is 52.4 Å². The van der Waals surface area contributed by atoms with Gasteiger partial charge in [0.25, 0.3) is 0 Å². The van der Waals surface area contributed by atoms with Gasteiger partial charge in [-0.3, -0.25) is 58.0 Å². The number of primary amides is 1. The molecule has 4 aromatic carbocycles.